The molecule has 1 aromatic heterocycles. The summed E-state index contributed by atoms with van der Waals surface area (Å²) in [5, 5.41) is 3.63. The second kappa shape index (κ2) is 5.58. The lowest BCUT2D eigenvalue weighted by Gasteiger charge is -2.09. The van der Waals surface area contributed by atoms with E-state index in [2.05, 4.69) is 5.10 Å². The van der Waals surface area contributed by atoms with Crippen molar-refractivity contribution in [2.45, 2.75) is 30.3 Å². The van der Waals surface area contributed by atoms with Crippen molar-refractivity contribution in [1.82, 2.24) is 13.9 Å². The lowest BCUT2D eigenvalue weighted by atomic mass is 10.2. The Labute approximate surface area is 123 Å². The van der Waals surface area contributed by atoms with Crippen molar-refractivity contribution >= 4 is 20.0 Å². The number of nitrogens with one attached hydrogen (secondary N) is 1. The first-order valence-corrected chi connectivity index (χ1v) is 9.10. The maximum absolute atomic E-state index is 12.2. The fraction of sp³-hybridized carbons (Fsp3) is 0.250. The molecule has 7 nitrogen and oxygen atoms in total. The maximum atomic E-state index is 12.2. The minimum absolute atomic E-state index is 0.103. The van der Waals surface area contributed by atoms with Crippen molar-refractivity contribution in [3.8, 4) is 0 Å². The topological polar surface area (TPSA) is 98.1 Å². The first kappa shape index (κ1) is 15.7. The summed E-state index contributed by atoms with van der Waals surface area (Å²) in [7, 11) is -8.39. The van der Waals surface area contributed by atoms with Gasteiger partial charge in [0.05, 0.1) is 11.1 Å². The summed E-state index contributed by atoms with van der Waals surface area (Å²) in [6, 6.07) is 7.25. The molecule has 21 heavy (non-hydrogen) atoms. The van der Waals surface area contributed by atoms with Gasteiger partial charge in [-0.25, -0.2) is 16.8 Å². The molecule has 0 bridgehead atoms. The van der Waals surface area contributed by atoms with Gasteiger partial charge in [-0.2, -0.15) is 5.10 Å². The van der Waals surface area contributed by atoms with Crippen molar-refractivity contribution in [1.29, 1.82) is 0 Å². The number of hydrogen-bond acceptors (Lipinski definition) is 5. The maximum Gasteiger partial charge on any atom is 0.270 e. The molecular weight excluding hydrogens is 314 g/mol. The van der Waals surface area contributed by atoms with E-state index in [9.17, 15) is 16.8 Å². The summed E-state index contributed by atoms with van der Waals surface area (Å²) in [5.74, 6) is 0. The van der Waals surface area contributed by atoms with Gasteiger partial charge in [0.2, 0.25) is 0 Å². The summed E-state index contributed by atoms with van der Waals surface area (Å²) in [4.78, 5) is -0.103. The third-order valence-electron chi connectivity index (χ3n) is 2.77. The van der Waals surface area contributed by atoms with Crippen LogP contribution in [0.25, 0.3) is 0 Å². The van der Waals surface area contributed by atoms with Crippen LogP contribution in [0.15, 0.2) is 46.5 Å². The molecule has 0 unspecified atom stereocenters. The van der Waals surface area contributed by atoms with Crippen LogP contribution in [0, 0.1) is 6.92 Å². The van der Waals surface area contributed by atoms with Crippen LogP contribution in [0.1, 0.15) is 12.5 Å². The molecule has 0 spiro atoms. The quantitative estimate of drug-likeness (QED) is 0.878. The van der Waals surface area contributed by atoms with Crippen LogP contribution in [-0.2, 0) is 26.6 Å². The van der Waals surface area contributed by atoms with Crippen LogP contribution in [0.5, 0.6) is 0 Å². The van der Waals surface area contributed by atoms with Crippen LogP contribution in [0.3, 0.4) is 0 Å². The molecule has 0 radical (unpaired) electrons. The zero-order valence-electron chi connectivity index (χ0n) is 11.5. The number of sulfonamides is 2. The van der Waals surface area contributed by atoms with Crippen molar-refractivity contribution in [2.75, 3.05) is 0 Å². The van der Waals surface area contributed by atoms with Crippen LogP contribution >= 0.6 is 0 Å². The molecule has 0 amide bonds. The summed E-state index contributed by atoms with van der Waals surface area (Å²) in [6.07, 6.45) is 1.30. The molecule has 0 aliphatic carbocycles. The SMILES string of the molecule is CCn1nccc1S(=O)(=O)NS(=O)(=O)c1cccc(C)c1. The first-order chi connectivity index (χ1) is 9.76. The van der Waals surface area contributed by atoms with E-state index < -0.39 is 20.0 Å². The summed E-state index contributed by atoms with van der Waals surface area (Å²) in [6.45, 7) is 3.74. The molecule has 0 atom stereocenters. The van der Waals surface area contributed by atoms with Crippen LogP contribution in [0.4, 0.5) is 0 Å². The van der Waals surface area contributed by atoms with Gasteiger partial charge in [0.25, 0.3) is 20.0 Å². The fourth-order valence-corrected chi connectivity index (χ4v) is 4.98. The van der Waals surface area contributed by atoms with Crippen LogP contribution in [0.2, 0.25) is 0 Å². The number of benzene rings is 1. The lowest BCUT2D eigenvalue weighted by molar-refractivity contribution is 0.548. The number of aryl methyl sites for hydroxylation is 2. The lowest BCUT2D eigenvalue weighted by Crippen LogP contribution is -2.32. The van der Waals surface area contributed by atoms with Gasteiger partial charge in [-0.15, -0.1) is 0 Å². The number of aromatic nitrogens is 2. The number of nitrogens with zero attached hydrogens (tertiary/aromatic N) is 2. The van der Waals surface area contributed by atoms with E-state index in [1.165, 1.54) is 29.1 Å². The number of hydrogen-bond donors (Lipinski definition) is 1. The minimum Gasteiger partial charge on any atom is -0.253 e. The Balaban J connectivity index is 2.41. The third kappa shape index (κ3) is 3.31. The van der Waals surface area contributed by atoms with E-state index in [-0.39, 0.29) is 9.92 Å². The number of rotatable bonds is 5. The van der Waals surface area contributed by atoms with Crippen molar-refractivity contribution < 1.29 is 16.8 Å². The van der Waals surface area contributed by atoms with Crippen molar-refractivity contribution in [2.24, 2.45) is 0 Å². The summed E-state index contributed by atoms with van der Waals surface area (Å²) >= 11 is 0. The highest BCUT2D eigenvalue weighted by Gasteiger charge is 2.27. The fourth-order valence-electron chi connectivity index (χ4n) is 1.80. The van der Waals surface area contributed by atoms with Gasteiger partial charge >= 0.3 is 0 Å². The Morgan fingerprint density at radius 3 is 2.48 bits per heavy atom. The smallest absolute Gasteiger partial charge is 0.253 e. The molecule has 0 saturated heterocycles. The van der Waals surface area contributed by atoms with Gasteiger partial charge in [-0.3, -0.25) is 4.68 Å². The van der Waals surface area contributed by atoms with Gasteiger partial charge in [0.1, 0.15) is 0 Å². The summed E-state index contributed by atoms with van der Waals surface area (Å²) in [5.41, 5.74) is 0.717. The molecular formula is C12H15N3O4S2. The zero-order valence-corrected chi connectivity index (χ0v) is 13.1. The van der Waals surface area contributed by atoms with Crippen LogP contribution < -0.4 is 4.13 Å². The monoisotopic (exact) mass is 329 g/mol. The van der Waals surface area contributed by atoms with E-state index in [0.29, 0.717) is 12.1 Å². The molecule has 1 N–H and O–H groups in total. The molecule has 114 valence electrons. The first-order valence-electron chi connectivity index (χ1n) is 6.13. The Bertz CT molecular complexity index is 854. The average Bonchev–Trinajstić information content (AvgIpc) is 2.86. The second-order valence-electron chi connectivity index (χ2n) is 4.39. The normalized spacial score (nSPS) is 12.5. The molecule has 0 aliphatic heterocycles. The third-order valence-corrected chi connectivity index (χ3v) is 6.30. The average molecular weight is 329 g/mol. The van der Waals surface area contributed by atoms with Gasteiger partial charge < -0.3 is 0 Å². The van der Waals surface area contributed by atoms with E-state index in [1.807, 2.05) is 0 Å². The highest BCUT2D eigenvalue weighted by molar-refractivity contribution is 8.04. The predicted octanol–water partition coefficient (Wildman–Crippen LogP) is 0.879. The molecule has 0 fully saturated rings. The van der Waals surface area contributed by atoms with Gasteiger partial charge in [-0.1, -0.05) is 16.3 Å². The highest BCUT2D eigenvalue weighted by Crippen LogP contribution is 2.15. The standard InChI is InChI=1S/C12H15N3O4S2/c1-3-15-12(7-8-13-15)21(18,19)14-20(16,17)11-6-4-5-10(2)9-11/h4-9,14H,3H2,1-2H3. The second-order valence-corrected chi connectivity index (χ2v) is 7.96. The van der Waals surface area contributed by atoms with Gasteiger partial charge in [0.15, 0.2) is 5.03 Å². The molecule has 9 heteroatoms. The van der Waals surface area contributed by atoms with Crippen molar-refractivity contribution in [3.63, 3.8) is 0 Å². The molecule has 2 aromatic rings. The molecule has 0 aliphatic rings. The predicted molar refractivity (Wildman–Crippen MR) is 76.6 cm³/mol. The largest absolute Gasteiger partial charge is 0.270 e. The molecule has 2 rings (SSSR count). The van der Waals surface area contributed by atoms with E-state index in [0.717, 1.165) is 0 Å². The van der Waals surface area contributed by atoms with E-state index >= 15 is 0 Å². The molecule has 1 aromatic carbocycles. The van der Waals surface area contributed by atoms with Gasteiger partial charge in [-0.05, 0) is 37.6 Å². The van der Waals surface area contributed by atoms with Crippen molar-refractivity contribution in [3.05, 3.63) is 42.1 Å². The van der Waals surface area contributed by atoms with E-state index in [4.69, 9.17) is 0 Å². The Morgan fingerprint density at radius 2 is 1.86 bits per heavy atom. The molecule has 1 heterocycles. The Morgan fingerprint density at radius 1 is 1.14 bits per heavy atom. The Kier molecular flexibility index (Phi) is 4.17. The van der Waals surface area contributed by atoms with Gasteiger partial charge in [0, 0.05) is 6.54 Å². The van der Waals surface area contributed by atoms with E-state index in [1.54, 1.807) is 30.1 Å². The Hall–Kier alpha value is -1.71. The molecule has 0 saturated carbocycles. The highest BCUT2D eigenvalue weighted by atomic mass is 32.3. The summed E-state index contributed by atoms with van der Waals surface area (Å²) < 4.78 is 51.7. The minimum atomic E-state index is -4.22. The zero-order chi connectivity index (χ0) is 15.7. The van der Waals surface area contributed by atoms with Crippen LogP contribution in [-0.4, -0.2) is 26.6 Å².